The summed E-state index contributed by atoms with van der Waals surface area (Å²) in [5.74, 6) is -15.6. The Labute approximate surface area is 570 Å². The maximum absolute atomic E-state index is 14.6. The van der Waals surface area contributed by atoms with E-state index in [1.807, 2.05) is 0 Å². The summed E-state index contributed by atoms with van der Waals surface area (Å²) in [6, 6.07) is -3.66. The Balaban J connectivity index is 1.93. The van der Waals surface area contributed by atoms with Crippen LogP contribution in [0.15, 0.2) is 67.1 Å². The highest BCUT2D eigenvalue weighted by molar-refractivity contribution is 6.00. The normalized spacial score (nSPS) is 14.7. The summed E-state index contributed by atoms with van der Waals surface area (Å²) in [4.78, 5) is 195. The summed E-state index contributed by atoms with van der Waals surface area (Å²) < 4.78 is 0. The van der Waals surface area contributed by atoms with E-state index in [0.717, 1.165) is 0 Å². The Morgan fingerprint density at radius 1 is 0.515 bits per heavy atom. The Morgan fingerprint density at radius 3 is 1.44 bits per heavy atom. The smallest absolute Gasteiger partial charge is 0.326 e. The molecule has 546 valence electrons. The van der Waals surface area contributed by atoms with Gasteiger partial charge in [0.25, 0.3) is 0 Å². The molecule has 12 amide bonds. The standard InChI is InChI=1S/C63H95N17O19/c1-33(2)24-43(75-53(88)34(3)71-50(85)30-69-62(97)52(67)35(4)82)56(91)76-44(25-36-12-6-5-7-13-36)57(92)72-40(14-8-10-22-64)54(89)78-46(27-38-29-68-32-70-38)59(94)80-48(31-81)61(96)73-41(20-21-51(86)87)55(90)79-47(28-49(66)84)60(95)77-45(26-37-16-18-39(83)19-17-37)58(93)74-42(63(98)99)15-9-11-23-65/h5-7,12-13,16-19,29,32-35,40-48,52,81-83H,8-11,14-15,20-28,30-31,64-65,67H2,1-4H3,(H2,66,84)(H,68,70)(H,69,97)(H,71,85)(H,72,92)(H,73,96)(H,74,93)(H,75,88)(H,76,91)(H,77,95)(H,78,89)(H,79,90)(H,80,94)(H,86,87)(H,98,99)/t34-,35+,40-,41-,42-,43-,44-,45-,46-,47-,48-,52-/m0/s1. The number of rotatable bonds is 46. The molecule has 0 aliphatic rings. The molecule has 3 rings (SSSR count). The number of nitrogens with zero attached hydrogens (tertiary/aromatic N) is 1. The van der Waals surface area contributed by atoms with Crippen molar-refractivity contribution in [2.75, 3.05) is 26.2 Å². The van der Waals surface area contributed by atoms with E-state index in [2.05, 4.69) is 68.5 Å². The van der Waals surface area contributed by atoms with Gasteiger partial charge in [-0.25, -0.2) is 9.78 Å². The quantitative estimate of drug-likeness (QED) is 0.0234. The number of hydrogen-bond acceptors (Lipinski definition) is 21. The number of aromatic hydroxyl groups is 1. The van der Waals surface area contributed by atoms with Gasteiger partial charge in [0.2, 0.25) is 70.9 Å². The van der Waals surface area contributed by atoms with Crippen LogP contribution in [0, 0.1) is 5.92 Å². The van der Waals surface area contributed by atoms with Gasteiger partial charge in [-0.1, -0.05) is 56.3 Å². The van der Waals surface area contributed by atoms with Gasteiger partial charge in [-0.15, -0.1) is 0 Å². The second-order valence-corrected chi connectivity index (χ2v) is 24.0. The number of phenolic OH excluding ortho intramolecular Hbond substituents is 1. The number of aromatic nitrogens is 2. The SMILES string of the molecule is CC(C)C[C@H](NC(=O)[C@H](C)NC(=O)CNC(=O)[C@@H](N)[C@@H](C)O)C(=O)N[C@@H](Cc1ccccc1)C(=O)N[C@@H](CCCCN)C(=O)N[C@@H](Cc1cnc[nH]1)C(=O)N[C@@H](CO)C(=O)N[C@@H](CCC(=O)O)C(=O)N[C@@H](CC(N)=O)C(=O)N[C@@H](Cc1ccc(O)cc1)C(=O)N[C@@H](CCCCN)C(=O)O. The van der Waals surface area contributed by atoms with Crippen molar-refractivity contribution in [1.82, 2.24) is 68.5 Å². The molecular weight excluding hydrogens is 1300 g/mol. The number of carbonyl (C=O) groups excluding carboxylic acids is 12. The fourth-order valence-corrected chi connectivity index (χ4v) is 9.66. The number of aliphatic hydroxyl groups is 2. The predicted octanol–water partition coefficient (Wildman–Crippen LogP) is -6.04. The Morgan fingerprint density at radius 2 is 0.960 bits per heavy atom. The fraction of sp³-hybridized carbons (Fsp3) is 0.540. The zero-order valence-corrected chi connectivity index (χ0v) is 55.6. The van der Waals surface area contributed by atoms with E-state index >= 15 is 0 Å². The second kappa shape index (κ2) is 43.2. The number of amides is 12. The lowest BCUT2D eigenvalue weighted by molar-refractivity contribution is -0.142. The molecule has 0 unspecified atom stereocenters. The van der Waals surface area contributed by atoms with Crippen LogP contribution in [0.2, 0.25) is 0 Å². The molecule has 0 aliphatic heterocycles. The van der Waals surface area contributed by atoms with Gasteiger partial charge in [0, 0.05) is 37.6 Å². The molecule has 0 saturated carbocycles. The van der Waals surface area contributed by atoms with E-state index in [4.69, 9.17) is 22.9 Å². The summed E-state index contributed by atoms with van der Waals surface area (Å²) in [5.41, 5.74) is 23.6. The second-order valence-electron chi connectivity index (χ2n) is 24.0. The highest BCUT2D eigenvalue weighted by atomic mass is 16.4. The van der Waals surface area contributed by atoms with Gasteiger partial charge in [0.05, 0.1) is 32.0 Å². The first-order valence-electron chi connectivity index (χ1n) is 32.1. The Kier molecular flexibility index (Phi) is 36.2. The number of carboxylic acid groups (broad SMARTS) is 2. The summed E-state index contributed by atoms with van der Waals surface area (Å²) in [6.45, 7) is 4.71. The van der Waals surface area contributed by atoms with Gasteiger partial charge in [0.15, 0.2) is 0 Å². The average Bonchev–Trinajstić information content (AvgIpc) is 1.38. The minimum atomic E-state index is -1.98. The Hall–Kier alpha value is -10.2. The molecule has 2 aromatic carbocycles. The summed E-state index contributed by atoms with van der Waals surface area (Å²) in [5, 5.41) is 76.3. The van der Waals surface area contributed by atoms with E-state index < -0.39 is 188 Å². The molecule has 0 spiro atoms. The molecule has 0 aliphatic carbocycles. The molecule has 36 nitrogen and oxygen atoms in total. The van der Waals surface area contributed by atoms with Crippen LogP contribution in [0.25, 0.3) is 0 Å². The minimum absolute atomic E-state index is 0.0286. The topological polar surface area (TPSA) is 605 Å². The van der Waals surface area contributed by atoms with Crippen molar-refractivity contribution < 1.29 is 92.7 Å². The number of unbranched alkanes of at least 4 members (excludes halogenated alkanes) is 2. The highest BCUT2D eigenvalue weighted by Crippen LogP contribution is 2.15. The predicted molar refractivity (Wildman–Crippen MR) is 353 cm³/mol. The van der Waals surface area contributed by atoms with Crippen molar-refractivity contribution in [2.24, 2.45) is 28.9 Å². The van der Waals surface area contributed by atoms with Crippen LogP contribution >= 0.6 is 0 Å². The zero-order chi connectivity index (χ0) is 73.9. The number of benzene rings is 2. The number of carbonyl (C=O) groups is 14. The molecule has 0 saturated heterocycles. The number of nitrogens with one attached hydrogen (secondary N) is 12. The van der Waals surface area contributed by atoms with Crippen molar-refractivity contribution in [3.63, 3.8) is 0 Å². The van der Waals surface area contributed by atoms with E-state index in [0.29, 0.717) is 30.4 Å². The fourth-order valence-electron chi connectivity index (χ4n) is 9.66. The van der Waals surface area contributed by atoms with Crippen LogP contribution in [0.4, 0.5) is 0 Å². The van der Waals surface area contributed by atoms with Gasteiger partial charge in [-0.05, 0) is 107 Å². The van der Waals surface area contributed by atoms with Crippen LogP contribution in [0.3, 0.4) is 0 Å². The number of carboxylic acids is 2. The van der Waals surface area contributed by atoms with Gasteiger partial charge in [0.1, 0.15) is 72.2 Å². The number of phenols is 1. The van der Waals surface area contributed by atoms with Crippen LogP contribution in [0.5, 0.6) is 5.75 Å². The number of aliphatic hydroxyl groups excluding tert-OH is 2. The number of primary amides is 1. The summed E-state index contributed by atoms with van der Waals surface area (Å²) in [6.07, 6.45) is -0.872. The van der Waals surface area contributed by atoms with Gasteiger partial charge in [-0.3, -0.25) is 62.3 Å². The maximum atomic E-state index is 14.6. The van der Waals surface area contributed by atoms with Crippen molar-refractivity contribution in [1.29, 1.82) is 0 Å². The van der Waals surface area contributed by atoms with E-state index in [1.54, 1.807) is 44.2 Å². The minimum Gasteiger partial charge on any atom is -0.508 e. The van der Waals surface area contributed by atoms with E-state index in [-0.39, 0.29) is 75.4 Å². The van der Waals surface area contributed by atoms with Gasteiger partial charge < -0.3 is 112 Å². The molecule has 25 N–H and O–H groups in total. The molecule has 1 heterocycles. The highest BCUT2D eigenvalue weighted by Gasteiger charge is 2.37. The van der Waals surface area contributed by atoms with Crippen molar-refractivity contribution >= 4 is 82.8 Å². The Bertz CT molecular complexity index is 3180. The molecule has 36 heteroatoms. The lowest BCUT2D eigenvalue weighted by Gasteiger charge is -2.28. The van der Waals surface area contributed by atoms with Crippen molar-refractivity contribution in [3.8, 4) is 5.75 Å². The van der Waals surface area contributed by atoms with Gasteiger partial charge >= 0.3 is 11.9 Å². The largest absolute Gasteiger partial charge is 0.508 e. The molecule has 1 aromatic heterocycles. The number of imidazole rings is 1. The number of aliphatic carboxylic acids is 2. The van der Waals surface area contributed by atoms with Crippen LogP contribution in [-0.4, -0.2) is 217 Å². The first-order chi connectivity index (χ1) is 46.8. The summed E-state index contributed by atoms with van der Waals surface area (Å²) in [7, 11) is 0. The van der Waals surface area contributed by atoms with Crippen molar-refractivity contribution in [3.05, 3.63) is 83.9 Å². The first kappa shape index (κ1) is 83.1. The molecule has 99 heavy (non-hydrogen) atoms. The van der Waals surface area contributed by atoms with Crippen molar-refractivity contribution in [2.45, 2.75) is 184 Å². The van der Waals surface area contributed by atoms with Crippen LogP contribution in [0.1, 0.15) is 109 Å². The monoisotopic (exact) mass is 1390 g/mol. The number of H-pyrrole nitrogens is 1. The molecule has 0 radical (unpaired) electrons. The maximum Gasteiger partial charge on any atom is 0.326 e. The average molecular weight is 1390 g/mol. The van der Waals surface area contributed by atoms with E-state index in [1.165, 1.54) is 50.6 Å². The van der Waals surface area contributed by atoms with Crippen LogP contribution in [-0.2, 0) is 86.4 Å². The number of aromatic amines is 1. The number of nitrogens with two attached hydrogens (primary N) is 4. The van der Waals surface area contributed by atoms with Gasteiger partial charge in [-0.2, -0.15) is 0 Å². The first-order valence-corrected chi connectivity index (χ1v) is 32.1. The molecule has 0 fully saturated rings. The molecule has 3 aromatic rings. The molecule has 0 bridgehead atoms. The zero-order valence-electron chi connectivity index (χ0n) is 55.6. The lowest BCUT2D eigenvalue weighted by atomic mass is 10.00. The lowest BCUT2D eigenvalue weighted by Crippen LogP contribution is -2.61. The van der Waals surface area contributed by atoms with E-state index in [9.17, 15) is 92.7 Å². The summed E-state index contributed by atoms with van der Waals surface area (Å²) >= 11 is 0. The molecule has 12 atom stereocenters. The third-order valence-electron chi connectivity index (χ3n) is 15.2. The van der Waals surface area contributed by atoms with Crippen LogP contribution < -0.4 is 81.4 Å². The number of hydrogen-bond donors (Lipinski definition) is 21. The third-order valence-corrected chi connectivity index (χ3v) is 15.2. The molecular formula is C63H95N17O19. The third kappa shape index (κ3) is 30.8.